The van der Waals surface area contributed by atoms with Gasteiger partial charge in [0.1, 0.15) is 0 Å². The van der Waals surface area contributed by atoms with Crippen molar-refractivity contribution < 1.29 is 10.0 Å². The smallest absolute Gasteiger partial charge is 0.423 e. The summed E-state index contributed by atoms with van der Waals surface area (Å²) in [6.07, 6.45) is 1.94. The molecule has 0 saturated carbocycles. The summed E-state index contributed by atoms with van der Waals surface area (Å²) in [4.78, 5) is 0. The van der Waals surface area contributed by atoms with Crippen molar-refractivity contribution in [3.05, 3.63) is 30.5 Å². The zero-order chi connectivity index (χ0) is 9.42. The van der Waals surface area contributed by atoms with E-state index in [1.165, 1.54) is 0 Å². The predicted molar refractivity (Wildman–Crippen MR) is 52.7 cm³/mol. The van der Waals surface area contributed by atoms with E-state index in [1.807, 2.05) is 29.9 Å². The molecule has 0 fully saturated rings. The molecule has 3 nitrogen and oxygen atoms in total. The monoisotopic (exact) mass is 175 g/mol. The highest BCUT2D eigenvalue weighted by Crippen LogP contribution is 2.12. The summed E-state index contributed by atoms with van der Waals surface area (Å²) in [5.41, 5.74) is 1.53. The van der Waals surface area contributed by atoms with Crippen LogP contribution < -0.4 is 5.46 Å². The topological polar surface area (TPSA) is 45.4 Å². The summed E-state index contributed by atoms with van der Waals surface area (Å²) in [7, 11) is 0.537. The molecule has 2 aromatic rings. The number of aryl methyl sites for hydroxylation is 1. The van der Waals surface area contributed by atoms with Gasteiger partial charge in [0.25, 0.3) is 0 Å². The van der Waals surface area contributed by atoms with Crippen molar-refractivity contribution in [2.24, 2.45) is 7.05 Å². The van der Waals surface area contributed by atoms with Gasteiger partial charge in [-0.3, -0.25) is 0 Å². The van der Waals surface area contributed by atoms with Crippen LogP contribution in [0.5, 0.6) is 0 Å². The Bertz CT molecular complexity index is 436. The minimum absolute atomic E-state index is 0.523. The van der Waals surface area contributed by atoms with Gasteiger partial charge >= 0.3 is 7.12 Å². The Hall–Kier alpha value is -1.26. The lowest BCUT2D eigenvalue weighted by atomic mass is 9.80. The van der Waals surface area contributed by atoms with Gasteiger partial charge in [0.05, 0.1) is 0 Å². The van der Waals surface area contributed by atoms with E-state index in [-0.39, 0.29) is 0 Å². The fourth-order valence-electron chi connectivity index (χ4n) is 1.44. The molecule has 0 spiro atoms. The molecule has 2 rings (SSSR count). The van der Waals surface area contributed by atoms with E-state index < -0.39 is 7.12 Å². The molecule has 0 aliphatic carbocycles. The highest BCUT2D eigenvalue weighted by atomic mass is 16.4. The van der Waals surface area contributed by atoms with E-state index in [2.05, 4.69) is 0 Å². The molecule has 0 radical (unpaired) electrons. The van der Waals surface area contributed by atoms with E-state index in [0.29, 0.717) is 5.46 Å². The maximum atomic E-state index is 8.96. The van der Waals surface area contributed by atoms with Crippen LogP contribution in [0.15, 0.2) is 30.5 Å². The minimum Gasteiger partial charge on any atom is -0.423 e. The lowest BCUT2D eigenvalue weighted by Gasteiger charge is -2.00. The highest BCUT2D eigenvalue weighted by molar-refractivity contribution is 6.58. The SMILES string of the molecule is Cn1ccc2ccc(B(O)O)cc21. The molecule has 1 heterocycles. The van der Waals surface area contributed by atoms with E-state index in [1.54, 1.807) is 12.1 Å². The Morgan fingerprint density at radius 3 is 2.69 bits per heavy atom. The number of rotatable bonds is 1. The molecule has 13 heavy (non-hydrogen) atoms. The molecule has 0 amide bonds. The predicted octanol–water partition coefficient (Wildman–Crippen LogP) is -0.142. The molecule has 0 bridgehead atoms. The lowest BCUT2D eigenvalue weighted by molar-refractivity contribution is 0.426. The fourth-order valence-corrected chi connectivity index (χ4v) is 1.44. The van der Waals surface area contributed by atoms with Crippen LogP contribution in [0.1, 0.15) is 0 Å². The second-order valence-electron chi connectivity index (χ2n) is 3.12. The Morgan fingerprint density at radius 2 is 2.00 bits per heavy atom. The normalized spacial score (nSPS) is 10.7. The maximum Gasteiger partial charge on any atom is 0.488 e. The summed E-state index contributed by atoms with van der Waals surface area (Å²) in [5, 5.41) is 19.0. The van der Waals surface area contributed by atoms with Crippen molar-refractivity contribution in [1.29, 1.82) is 0 Å². The Balaban J connectivity index is 2.66. The summed E-state index contributed by atoms with van der Waals surface area (Å²) >= 11 is 0. The van der Waals surface area contributed by atoms with Gasteiger partial charge in [-0.1, -0.05) is 12.1 Å². The molecule has 4 heteroatoms. The van der Waals surface area contributed by atoms with Gasteiger partial charge in [0, 0.05) is 18.8 Å². The van der Waals surface area contributed by atoms with E-state index in [4.69, 9.17) is 10.0 Å². The quantitative estimate of drug-likeness (QED) is 0.592. The largest absolute Gasteiger partial charge is 0.488 e. The van der Waals surface area contributed by atoms with Crippen molar-refractivity contribution in [2.45, 2.75) is 0 Å². The van der Waals surface area contributed by atoms with Gasteiger partial charge in [-0.05, 0) is 23.0 Å². The molecule has 0 aliphatic heterocycles. The molecule has 0 unspecified atom stereocenters. The number of hydrogen-bond acceptors (Lipinski definition) is 2. The number of aromatic nitrogens is 1. The lowest BCUT2D eigenvalue weighted by Crippen LogP contribution is -2.29. The van der Waals surface area contributed by atoms with Gasteiger partial charge < -0.3 is 14.6 Å². The second kappa shape index (κ2) is 2.90. The maximum absolute atomic E-state index is 8.96. The minimum atomic E-state index is -1.39. The van der Waals surface area contributed by atoms with E-state index in [9.17, 15) is 0 Å². The highest BCUT2D eigenvalue weighted by Gasteiger charge is 2.11. The number of fused-ring (bicyclic) bond motifs is 1. The second-order valence-corrected chi connectivity index (χ2v) is 3.12. The first kappa shape index (κ1) is 8.35. The van der Waals surface area contributed by atoms with Crippen LogP contribution in [0, 0.1) is 0 Å². The standard InChI is InChI=1S/C9H10BNO2/c1-11-5-4-7-2-3-8(10(12)13)6-9(7)11/h2-6,12-13H,1H3. The van der Waals surface area contributed by atoms with Crippen molar-refractivity contribution in [1.82, 2.24) is 4.57 Å². The summed E-state index contributed by atoms with van der Waals surface area (Å²) in [6.45, 7) is 0. The first-order valence-electron chi connectivity index (χ1n) is 4.09. The van der Waals surface area contributed by atoms with Crippen LogP contribution >= 0.6 is 0 Å². The number of benzene rings is 1. The van der Waals surface area contributed by atoms with E-state index in [0.717, 1.165) is 10.9 Å². The van der Waals surface area contributed by atoms with Crippen LogP contribution in [-0.2, 0) is 7.05 Å². The van der Waals surface area contributed by atoms with Gasteiger partial charge in [0.2, 0.25) is 0 Å². The van der Waals surface area contributed by atoms with Crippen molar-refractivity contribution in [3.8, 4) is 0 Å². The van der Waals surface area contributed by atoms with Crippen LogP contribution in [0.25, 0.3) is 10.9 Å². The van der Waals surface area contributed by atoms with Gasteiger partial charge in [-0.2, -0.15) is 0 Å². The van der Waals surface area contributed by atoms with Crippen molar-refractivity contribution in [3.63, 3.8) is 0 Å². The zero-order valence-corrected chi connectivity index (χ0v) is 7.31. The summed E-state index contributed by atoms with van der Waals surface area (Å²) in [6, 6.07) is 7.36. The van der Waals surface area contributed by atoms with Crippen molar-refractivity contribution >= 4 is 23.5 Å². The van der Waals surface area contributed by atoms with E-state index >= 15 is 0 Å². The molecule has 0 saturated heterocycles. The molecule has 1 aromatic carbocycles. The van der Waals surface area contributed by atoms with Crippen molar-refractivity contribution in [2.75, 3.05) is 0 Å². The Kier molecular flexibility index (Phi) is 1.86. The molecule has 2 N–H and O–H groups in total. The first-order valence-corrected chi connectivity index (χ1v) is 4.09. The third kappa shape index (κ3) is 1.34. The fraction of sp³-hybridized carbons (Fsp3) is 0.111. The zero-order valence-electron chi connectivity index (χ0n) is 7.31. The van der Waals surface area contributed by atoms with Gasteiger partial charge in [-0.25, -0.2) is 0 Å². The average molecular weight is 175 g/mol. The molecule has 66 valence electrons. The van der Waals surface area contributed by atoms with Crippen LogP contribution in [0.3, 0.4) is 0 Å². The van der Waals surface area contributed by atoms with Gasteiger partial charge in [0.15, 0.2) is 0 Å². The average Bonchev–Trinajstić information content (AvgIpc) is 2.47. The first-order chi connectivity index (χ1) is 6.18. The Labute approximate surface area is 76.4 Å². The summed E-state index contributed by atoms with van der Waals surface area (Å²) < 4.78 is 1.95. The molecule has 0 aliphatic rings. The van der Waals surface area contributed by atoms with Crippen LogP contribution in [-0.4, -0.2) is 21.7 Å². The summed E-state index contributed by atoms with van der Waals surface area (Å²) in [5.74, 6) is 0. The molecular formula is C9H10BNO2. The Morgan fingerprint density at radius 1 is 1.23 bits per heavy atom. The van der Waals surface area contributed by atoms with Gasteiger partial charge in [-0.15, -0.1) is 0 Å². The third-order valence-corrected chi connectivity index (χ3v) is 2.21. The molecule has 0 atom stereocenters. The molecular weight excluding hydrogens is 165 g/mol. The van der Waals surface area contributed by atoms with Crippen LogP contribution in [0.4, 0.5) is 0 Å². The number of hydrogen-bond donors (Lipinski definition) is 2. The third-order valence-electron chi connectivity index (χ3n) is 2.21. The molecule has 1 aromatic heterocycles. The van der Waals surface area contributed by atoms with Crippen LogP contribution in [0.2, 0.25) is 0 Å². The number of nitrogens with zero attached hydrogens (tertiary/aromatic N) is 1.